The normalized spacial score (nSPS) is 12.6. The van der Waals surface area contributed by atoms with Crippen LogP contribution in [0.15, 0.2) is 150 Å². The molecule has 0 N–H and O–H groups in total. The van der Waals surface area contributed by atoms with Crippen LogP contribution in [0.1, 0.15) is 39.5 Å². The van der Waals surface area contributed by atoms with Gasteiger partial charge in [0.2, 0.25) is 5.71 Å². The van der Waals surface area contributed by atoms with Crippen LogP contribution in [0.2, 0.25) is 0 Å². The Labute approximate surface area is 335 Å². The van der Waals surface area contributed by atoms with Gasteiger partial charge >= 0.3 is 0 Å². The molecule has 1 unspecified atom stereocenters. The molecule has 5 heterocycles. The van der Waals surface area contributed by atoms with Crippen molar-refractivity contribution in [3.8, 4) is 33.9 Å². The predicted octanol–water partition coefficient (Wildman–Crippen LogP) is 14.0. The molecule has 58 heavy (non-hydrogen) atoms. The summed E-state index contributed by atoms with van der Waals surface area (Å²) in [6.45, 7) is 5.61. The molecule has 6 aromatic carbocycles. The van der Waals surface area contributed by atoms with E-state index in [4.69, 9.17) is 19.4 Å². The van der Waals surface area contributed by atoms with Gasteiger partial charge in [0.05, 0.1) is 11.1 Å². The summed E-state index contributed by atoms with van der Waals surface area (Å²) in [7, 11) is 0. The van der Waals surface area contributed by atoms with E-state index in [9.17, 15) is 0 Å². The summed E-state index contributed by atoms with van der Waals surface area (Å²) in [6, 6.07) is 45.6. The minimum atomic E-state index is 0.532. The second-order valence-corrected chi connectivity index (χ2v) is 15.6. The topological polar surface area (TPSA) is 69.6 Å². The van der Waals surface area contributed by atoms with Crippen molar-refractivity contribution in [3.63, 3.8) is 0 Å². The number of furan rings is 1. The fraction of sp³-hybridized carbons (Fsp3) is 0.154. The maximum Gasteiger partial charge on any atom is 0.230 e. The molecule has 0 saturated heterocycles. The Bertz CT molecular complexity index is 3360. The summed E-state index contributed by atoms with van der Waals surface area (Å²) in [4.78, 5) is 19.3. The molecule has 0 fully saturated rings. The lowest BCUT2D eigenvalue weighted by Gasteiger charge is -2.17. The summed E-state index contributed by atoms with van der Waals surface area (Å²) in [6.07, 6.45) is 10.5. The number of hydrogen-bond donors (Lipinski definition) is 0. The van der Waals surface area contributed by atoms with Crippen molar-refractivity contribution in [3.05, 3.63) is 146 Å². The van der Waals surface area contributed by atoms with Gasteiger partial charge in [-0.25, -0.2) is 4.98 Å². The van der Waals surface area contributed by atoms with E-state index in [1.807, 2.05) is 24.7 Å². The number of nitrogens with zero attached hydrogens (tertiary/aromatic N) is 5. The largest absolute Gasteiger partial charge is 0.438 e. The molecule has 1 atom stereocenters. The Balaban J connectivity index is 1.01. The van der Waals surface area contributed by atoms with Crippen LogP contribution in [0.25, 0.3) is 110 Å². The average molecular weight is 752 g/mol. The Hall–Kier alpha value is -6.92. The number of benzene rings is 6. The quantitative estimate of drug-likeness (QED) is 0.137. The summed E-state index contributed by atoms with van der Waals surface area (Å²) in [5.41, 5.74) is 8.84. The van der Waals surface area contributed by atoms with Crippen LogP contribution in [-0.4, -0.2) is 24.5 Å². The van der Waals surface area contributed by atoms with E-state index in [-0.39, 0.29) is 0 Å². The predicted molar refractivity (Wildman–Crippen MR) is 240 cm³/mol. The molecular formula is C52H41N5O. The fourth-order valence-electron chi connectivity index (χ4n) is 9.16. The first-order chi connectivity index (χ1) is 28.6. The van der Waals surface area contributed by atoms with Gasteiger partial charge < -0.3 is 8.98 Å². The Morgan fingerprint density at radius 1 is 0.534 bits per heavy atom. The van der Waals surface area contributed by atoms with Gasteiger partial charge in [-0.15, -0.1) is 0 Å². The molecule has 0 aliphatic rings. The van der Waals surface area contributed by atoms with E-state index in [1.165, 1.54) is 68.0 Å². The lowest BCUT2D eigenvalue weighted by molar-refractivity contribution is 0.401. The molecule has 6 nitrogen and oxygen atoms in total. The molecule has 0 aliphatic heterocycles. The molecule has 0 saturated carbocycles. The van der Waals surface area contributed by atoms with Crippen molar-refractivity contribution in [2.45, 2.75) is 46.1 Å². The van der Waals surface area contributed by atoms with Crippen LogP contribution in [0, 0.1) is 5.92 Å². The molecule has 280 valence electrons. The van der Waals surface area contributed by atoms with Crippen LogP contribution in [-0.2, 0) is 6.54 Å². The van der Waals surface area contributed by atoms with E-state index in [0.717, 1.165) is 57.1 Å². The number of unbranched alkanes of at least 4 members (excludes halogenated alkanes) is 1. The number of rotatable bonds is 9. The van der Waals surface area contributed by atoms with Gasteiger partial charge in [-0.05, 0) is 116 Å². The van der Waals surface area contributed by atoms with Crippen molar-refractivity contribution < 1.29 is 4.42 Å². The summed E-state index contributed by atoms with van der Waals surface area (Å²) in [5, 5.41) is 11.6. The molecule has 5 aromatic heterocycles. The van der Waals surface area contributed by atoms with Gasteiger partial charge in [0, 0.05) is 57.9 Å². The summed E-state index contributed by atoms with van der Waals surface area (Å²) in [5.74, 6) is 1.16. The summed E-state index contributed by atoms with van der Waals surface area (Å²) < 4.78 is 9.05. The zero-order valence-corrected chi connectivity index (χ0v) is 32.6. The lowest BCUT2D eigenvalue weighted by atomic mass is 9.93. The van der Waals surface area contributed by atoms with Gasteiger partial charge in [-0.3, -0.25) is 9.97 Å². The molecule has 0 aliphatic carbocycles. The number of hydrogen-bond acceptors (Lipinski definition) is 5. The van der Waals surface area contributed by atoms with Crippen LogP contribution in [0.3, 0.4) is 0 Å². The second kappa shape index (κ2) is 13.9. The van der Waals surface area contributed by atoms with Crippen LogP contribution >= 0.6 is 0 Å². The first-order valence-corrected chi connectivity index (χ1v) is 20.5. The van der Waals surface area contributed by atoms with Crippen LogP contribution < -0.4 is 0 Å². The maximum absolute atomic E-state index is 6.50. The van der Waals surface area contributed by atoms with E-state index in [1.54, 1.807) is 0 Å². The minimum absolute atomic E-state index is 0.532. The van der Waals surface area contributed by atoms with Crippen molar-refractivity contribution in [1.29, 1.82) is 0 Å². The smallest absolute Gasteiger partial charge is 0.230 e. The SMILES string of the molecule is CCCCC(CC)Cn1c2ccc(-c3ccnc(-c4ncc5c(n4)oc4cc6c7ccccc7c7ccccc7c6cc45)c3)cc2c2cc(-c3ccccn3)ccc21. The molecule has 0 amide bonds. The van der Waals surface area contributed by atoms with Gasteiger partial charge in [-0.1, -0.05) is 99.8 Å². The highest BCUT2D eigenvalue weighted by atomic mass is 16.3. The fourth-order valence-corrected chi connectivity index (χ4v) is 9.16. The lowest BCUT2D eigenvalue weighted by Crippen LogP contribution is -2.10. The van der Waals surface area contributed by atoms with Crippen molar-refractivity contribution in [2.24, 2.45) is 5.92 Å². The van der Waals surface area contributed by atoms with Crippen molar-refractivity contribution in [2.75, 3.05) is 0 Å². The highest BCUT2D eigenvalue weighted by molar-refractivity contribution is 6.28. The van der Waals surface area contributed by atoms with Crippen molar-refractivity contribution in [1.82, 2.24) is 24.5 Å². The number of fused-ring (bicyclic) bond motifs is 12. The Kier molecular flexibility index (Phi) is 8.24. The number of aromatic nitrogens is 5. The first-order valence-electron chi connectivity index (χ1n) is 20.5. The van der Waals surface area contributed by atoms with Crippen molar-refractivity contribution >= 4 is 76.2 Å². The third-order valence-corrected chi connectivity index (χ3v) is 12.2. The zero-order valence-electron chi connectivity index (χ0n) is 32.6. The highest BCUT2D eigenvalue weighted by Crippen LogP contribution is 2.40. The van der Waals surface area contributed by atoms with E-state index >= 15 is 0 Å². The molecule has 11 aromatic rings. The Morgan fingerprint density at radius 2 is 1.19 bits per heavy atom. The molecule has 11 rings (SSSR count). The van der Waals surface area contributed by atoms with E-state index in [2.05, 4.69) is 145 Å². The molecular weight excluding hydrogens is 711 g/mol. The highest BCUT2D eigenvalue weighted by Gasteiger charge is 2.19. The maximum atomic E-state index is 6.50. The van der Waals surface area contributed by atoms with E-state index < -0.39 is 0 Å². The van der Waals surface area contributed by atoms with Gasteiger partial charge in [-0.2, -0.15) is 4.98 Å². The Morgan fingerprint density at radius 3 is 1.90 bits per heavy atom. The van der Waals surface area contributed by atoms with E-state index in [0.29, 0.717) is 23.1 Å². The minimum Gasteiger partial charge on any atom is -0.438 e. The number of pyridine rings is 2. The van der Waals surface area contributed by atoms with Crippen LogP contribution in [0.4, 0.5) is 0 Å². The molecule has 0 spiro atoms. The van der Waals surface area contributed by atoms with Gasteiger partial charge in [0.15, 0.2) is 5.82 Å². The second-order valence-electron chi connectivity index (χ2n) is 15.6. The monoisotopic (exact) mass is 751 g/mol. The van der Waals surface area contributed by atoms with Crippen LogP contribution in [0.5, 0.6) is 0 Å². The standard InChI is InChI=1S/C52H41N5O/c1-3-5-12-32(4-2)31-57-48-20-18-33(25-42(48)43-26-35(19-21-49(43)57)46-17-10-11-23-53-46)34-22-24-54-47(27-34)51-55-30-45-44-28-40-38-15-8-6-13-36(38)37-14-7-9-16-39(37)41(40)29-50(44)58-52(45)56-51/h6-11,13-30,32H,3-5,12,31H2,1-2H3. The van der Waals surface area contributed by atoms with Gasteiger partial charge in [0.25, 0.3) is 0 Å². The first kappa shape index (κ1) is 34.3. The average Bonchev–Trinajstić information content (AvgIpc) is 3.80. The zero-order chi connectivity index (χ0) is 38.7. The third-order valence-electron chi connectivity index (χ3n) is 12.2. The van der Waals surface area contributed by atoms with Gasteiger partial charge in [0.1, 0.15) is 11.3 Å². The molecule has 0 radical (unpaired) electrons. The molecule has 0 bridgehead atoms. The third kappa shape index (κ3) is 5.62. The summed E-state index contributed by atoms with van der Waals surface area (Å²) >= 11 is 0. The molecule has 6 heteroatoms.